The van der Waals surface area contributed by atoms with Crippen molar-refractivity contribution in [2.45, 2.75) is 38.8 Å². The van der Waals surface area contributed by atoms with E-state index in [-0.39, 0.29) is 30.3 Å². The summed E-state index contributed by atoms with van der Waals surface area (Å²) < 4.78 is 3.96. The molecule has 8 heteroatoms. The molecule has 0 saturated heterocycles. The van der Waals surface area contributed by atoms with E-state index in [1.165, 1.54) is 15.4 Å². The highest BCUT2D eigenvalue weighted by Crippen LogP contribution is 2.50. The van der Waals surface area contributed by atoms with Crippen molar-refractivity contribution in [3.8, 4) is 11.4 Å². The zero-order chi connectivity index (χ0) is 25.3. The average Bonchev–Trinajstić information content (AvgIpc) is 3.13. The lowest BCUT2D eigenvalue weighted by molar-refractivity contribution is -0.116. The minimum atomic E-state index is -0.606. The molecule has 0 unspecified atom stereocenters. The highest BCUT2D eigenvalue weighted by molar-refractivity contribution is 6.23. The van der Waals surface area contributed by atoms with Gasteiger partial charge in [0.15, 0.2) is 11.6 Å². The molecule has 3 aliphatic rings. The number of aromatic hydroxyl groups is 1. The van der Waals surface area contributed by atoms with Crippen LogP contribution in [0.5, 0.6) is 5.75 Å². The Bertz CT molecular complexity index is 1690. The monoisotopic (exact) mass is 481 g/mol. The summed E-state index contributed by atoms with van der Waals surface area (Å²) in [6.07, 6.45) is 3.38. The second-order valence-electron chi connectivity index (χ2n) is 9.48. The van der Waals surface area contributed by atoms with Gasteiger partial charge in [-0.2, -0.15) is 0 Å². The van der Waals surface area contributed by atoms with Gasteiger partial charge < -0.3 is 5.11 Å². The van der Waals surface area contributed by atoms with Crippen LogP contribution < -0.4 is 11.4 Å². The molecule has 1 aromatic heterocycles. The number of aromatic nitrogens is 3. The van der Waals surface area contributed by atoms with Crippen LogP contribution >= 0.6 is 0 Å². The van der Waals surface area contributed by atoms with Gasteiger partial charge in [-0.1, -0.05) is 36.4 Å². The van der Waals surface area contributed by atoms with Gasteiger partial charge in [-0.3, -0.25) is 9.59 Å². The molecule has 8 nitrogen and oxygen atoms in total. The van der Waals surface area contributed by atoms with Gasteiger partial charge in [0.2, 0.25) is 0 Å². The first kappa shape index (κ1) is 22.0. The van der Waals surface area contributed by atoms with Crippen LogP contribution in [-0.4, -0.2) is 30.6 Å². The molecule has 0 radical (unpaired) electrons. The third-order valence-corrected chi connectivity index (χ3v) is 7.40. The van der Waals surface area contributed by atoms with Crippen LogP contribution in [0, 0.1) is 6.92 Å². The number of rotatable bonds is 2. The van der Waals surface area contributed by atoms with Crippen LogP contribution in [0.1, 0.15) is 36.4 Å². The van der Waals surface area contributed by atoms with Crippen molar-refractivity contribution in [1.29, 1.82) is 0 Å². The van der Waals surface area contributed by atoms with E-state index in [0.717, 1.165) is 15.7 Å². The van der Waals surface area contributed by atoms with E-state index in [1.807, 2.05) is 12.1 Å². The maximum absolute atomic E-state index is 13.7. The lowest BCUT2D eigenvalue weighted by atomic mass is 9.67. The molecule has 0 amide bonds. The van der Waals surface area contributed by atoms with E-state index < -0.39 is 23.3 Å². The van der Waals surface area contributed by atoms with Crippen LogP contribution in [0.3, 0.4) is 0 Å². The normalized spacial score (nSPS) is 20.9. The van der Waals surface area contributed by atoms with Crippen molar-refractivity contribution in [3.05, 3.63) is 115 Å². The Morgan fingerprint density at radius 3 is 2.42 bits per heavy atom. The van der Waals surface area contributed by atoms with E-state index in [9.17, 15) is 24.3 Å². The molecule has 3 aromatic rings. The predicted octanol–water partition coefficient (Wildman–Crippen LogP) is 2.88. The van der Waals surface area contributed by atoms with Gasteiger partial charge in [0.25, 0.3) is 0 Å². The van der Waals surface area contributed by atoms with Crippen LogP contribution in [0.4, 0.5) is 0 Å². The third-order valence-electron chi connectivity index (χ3n) is 7.40. The smallest absolute Gasteiger partial charge is 0.352 e. The lowest BCUT2D eigenvalue weighted by Gasteiger charge is -2.39. The van der Waals surface area contributed by atoms with Crippen LogP contribution in [0.25, 0.3) is 5.69 Å². The number of phenols is 1. The first-order valence-corrected chi connectivity index (χ1v) is 11.8. The Morgan fingerprint density at radius 2 is 1.69 bits per heavy atom. The third kappa shape index (κ3) is 3.00. The number of benzene rings is 2. The molecule has 2 atom stereocenters. The molecule has 2 heterocycles. The maximum atomic E-state index is 13.7. The minimum Gasteiger partial charge on any atom is -0.508 e. The second-order valence-corrected chi connectivity index (χ2v) is 9.48. The summed E-state index contributed by atoms with van der Waals surface area (Å²) in [4.78, 5) is 53.5. The Morgan fingerprint density at radius 1 is 0.944 bits per heavy atom. The molecule has 2 aromatic carbocycles. The van der Waals surface area contributed by atoms with Gasteiger partial charge in [0.1, 0.15) is 5.75 Å². The van der Waals surface area contributed by atoms with Crippen LogP contribution in [0.15, 0.2) is 92.6 Å². The molecule has 1 aliphatic heterocycles. The molecule has 0 bridgehead atoms. The number of allylic oxidation sites excluding steroid dienone is 6. The first-order chi connectivity index (χ1) is 17.3. The summed E-state index contributed by atoms with van der Waals surface area (Å²) >= 11 is 0. The fourth-order valence-corrected chi connectivity index (χ4v) is 5.67. The van der Waals surface area contributed by atoms with E-state index >= 15 is 0 Å². The average molecular weight is 482 g/mol. The van der Waals surface area contributed by atoms with Crippen molar-refractivity contribution in [3.63, 3.8) is 0 Å². The first-order valence-electron chi connectivity index (χ1n) is 11.8. The molecule has 0 saturated carbocycles. The van der Waals surface area contributed by atoms with Crippen molar-refractivity contribution in [1.82, 2.24) is 13.9 Å². The number of ketones is 2. The van der Waals surface area contributed by atoms with E-state index in [4.69, 9.17) is 0 Å². The summed E-state index contributed by atoms with van der Waals surface area (Å²) in [5.74, 6) is -0.896. The standard InChI is InChI=1S/C28H23N3O5/c1-15-12-17(8-9-22(15)32)24-19-10-11-29-27(35)30(18-6-4-3-5-7-18)28(36)31(29)21(19)14-20-23(33)13-16(2)26(34)25(20)24/h3-10,12-13,21,24,32H,11,14H2,1-2H3/t21-,24+/m1/s1. The molecule has 36 heavy (non-hydrogen) atoms. The number of Topliss-reactive ketones (excluding diaryl/α,β-unsaturated/α-hetero) is 1. The van der Waals surface area contributed by atoms with Gasteiger partial charge in [-0.25, -0.2) is 23.5 Å². The summed E-state index contributed by atoms with van der Waals surface area (Å²) in [6, 6.07) is 13.2. The summed E-state index contributed by atoms with van der Waals surface area (Å²) in [6.45, 7) is 3.56. The largest absolute Gasteiger partial charge is 0.508 e. The summed E-state index contributed by atoms with van der Waals surface area (Å²) in [5.41, 5.74) is 2.85. The minimum absolute atomic E-state index is 0.130. The summed E-state index contributed by atoms with van der Waals surface area (Å²) in [5, 5.41) is 10.1. The Hall–Kier alpha value is -4.46. The van der Waals surface area contributed by atoms with Crippen LogP contribution in [-0.2, 0) is 16.1 Å². The van der Waals surface area contributed by atoms with Crippen molar-refractivity contribution in [2.75, 3.05) is 0 Å². The van der Waals surface area contributed by atoms with Crippen LogP contribution in [0.2, 0.25) is 0 Å². The SMILES string of the molecule is CC1=CC(=O)C2=C(C1=O)[C@@H](c1ccc(O)c(C)c1)C1=CCn3c(=O)n(-c4ccccc4)c(=O)n3[C@@H]1C2. The Balaban J connectivity index is 1.60. The van der Waals surface area contributed by atoms with E-state index in [2.05, 4.69) is 0 Å². The number of hydrogen-bond donors (Lipinski definition) is 1. The number of carbonyl (C=O) groups excluding carboxylic acids is 2. The van der Waals surface area contributed by atoms with Crippen molar-refractivity contribution >= 4 is 11.6 Å². The highest BCUT2D eigenvalue weighted by Gasteiger charge is 2.44. The number of nitrogens with zero attached hydrogens (tertiary/aromatic N) is 3. The molecule has 180 valence electrons. The predicted molar refractivity (Wildman–Crippen MR) is 132 cm³/mol. The Kier molecular flexibility index (Phi) is 4.76. The molecular formula is C28H23N3O5. The Labute approximate surface area is 205 Å². The molecule has 2 aliphatic carbocycles. The summed E-state index contributed by atoms with van der Waals surface area (Å²) in [7, 11) is 0. The van der Waals surface area contributed by atoms with Gasteiger partial charge in [-0.15, -0.1) is 0 Å². The number of para-hydroxylation sites is 1. The second kappa shape index (κ2) is 7.78. The number of hydrogen-bond acceptors (Lipinski definition) is 5. The number of carbonyl (C=O) groups is 2. The van der Waals surface area contributed by atoms with Gasteiger partial charge in [0, 0.05) is 29.1 Å². The van der Waals surface area contributed by atoms with Gasteiger partial charge >= 0.3 is 11.4 Å². The van der Waals surface area contributed by atoms with E-state index in [1.54, 1.807) is 56.3 Å². The fraction of sp³-hybridized carbons (Fsp3) is 0.214. The number of fused-ring (bicyclic) bond motifs is 3. The molecule has 1 N–H and O–H groups in total. The van der Waals surface area contributed by atoms with E-state index in [0.29, 0.717) is 28.0 Å². The zero-order valence-corrected chi connectivity index (χ0v) is 19.8. The zero-order valence-electron chi connectivity index (χ0n) is 19.8. The van der Waals surface area contributed by atoms with Crippen molar-refractivity contribution in [2.24, 2.45) is 0 Å². The molecule has 0 spiro atoms. The molecule has 6 rings (SSSR count). The topological polar surface area (TPSA) is 103 Å². The molecule has 0 fully saturated rings. The number of phenolic OH excluding ortho intramolecular Hbond substituents is 1. The van der Waals surface area contributed by atoms with Crippen molar-refractivity contribution < 1.29 is 14.7 Å². The van der Waals surface area contributed by atoms with Gasteiger partial charge in [-0.05, 0) is 54.8 Å². The van der Waals surface area contributed by atoms with Gasteiger partial charge in [0.05, 0.1) is 18.3 Å². The highest BCUT2D eigenvalue weighted by atomic mass is 16.3. The maximum Gasteiger partial charge on any atom is 0.352 e. The number of aryl methyl sites for hydroxylation is 1. The lowest BCUT2D eigenvalue weighted by Crippen LogP contribution is -2.40. The quantitative estimate of drug-likeness (QED) is 0.448. The fourth-order valence-electron chi connectivity index (χ4n) is 5.67. The molecular weight excluding hydrogens is 458 g/mol.